The highest BCUT2D eigenvalue weighted by Gasteiger charge is 2.24. The van der Waals surface area contributed by atoms with Crippen LogP contribution in [-0.2, 0) is 9.09 Å². The monoisotopic (exact) mass is 253 g/mol. The molecule has 0 aliphatic carbocycles. The molecule has 0 aromatic rings. The van der Waals surface area contributed by atoms with Gasteiger partial charge in [-0.2, -0.15) is 0 Å². The van der Waals surface area contributed by atoms with E-state index in [0.29, 0.717) is 4.48 Å². The first kappa shape index (κ1) is 16.1. The zero-order valence-electron chi connectivity index (χ0n) is 10.7. The molecule has 1 N–H and O–H groups in total. The molecule has 0 saturated heterocycles. The van der Waals surface area contributed by atoms with E-state index in [-0.39, 0.29) is 12.6 Å². The molecule has 0 bridgehead atoms. The van der Waals surface area contributed by atoms with E-state index in [0.717, 1.165) is 25.7 Å². The third-order valence-electron chi connectivity index (χ3n) is 2.67. The van der Waals surface area contributed by atoms with Crippen LogP contribution in [0.25, 0.3) is 0 Å². The Kier molecular flexibility index (Phi) is 6.75. The molecule has 0 fully saturated rings. The van der Waals surface area contributed by atoms with E-state index in [1.807, 2.05) is 21.1 Å². The lowest BCUT2D eigenvalue weighted by atomic mass is 10.1. The zero-order chi connectivity index (χ0) is 12.8. The second-order valence-electron chi connectivity index (χ2n) is 5.03. The van der Waals surface area contributed by atoms with Gasteiger partial charge in [0.25, 0.3) is 7.82 Å². The maximum atomic E-state index is 10.5. The molecule has 2 unspecified atom stereocenters. The van der Waals surface area contributed by atoms with E-state index in [2.05, 4.69) is 11.4 Å². The first-order valence-corrected chi connectivity index (χ1v) is 7.16. The Morgan fingerprint density at radius 2 is 1.94 bits per heavy atom. The second-order valence-corrected chi connectivity index (χ2v) is 6.23. The van der Waals surface area contributed by atoms with Gasteiger partial charge in [0.05, 0.1) is 21.1 Å². The molecular weight excluding hydrogens is 229 g/mol. The standard InChI is InChI=1S/C10H24NO4P/c1-5-6-7-8-10(11(2,3)4)9-15-16(12,13)14/h10H,5-9H2,1-4H3,(H-,12,13,14). The average molecular weight is 253 g/mol. The van der Waals surface area contributed by atoms with Crippen molar-refractivity contribution in [2.45, 2.75) is 38.6 Å². The molecule has 6 heteroatoms. The fourth-order valence-corrected chi connectivity index (χ4v) is 1.86. The Morgan fingerprint density at radius 3 is 2.31 bits per heavy atom. The molecule has 0 spiro atoms. The maximum absolute atomic E-state index is 10.5. The summed E-state index contributed by atoms with van der Waals surface area (Å²) in [6.07, 6.45) is 4.21. The summed E-state index contributed by atoms with van der Waals surface area (Å²) in [5.74, 6) is 0. The highest BCUT2D eigenvalue weighted by atomic mass is 31.2. The van der Waals surface area contributed by atoms with Crippen LogP contribution >= 0.6 is 7.82 Å². The van der Waals surface area contributed by atoms with Crippen LogP contribution in [0.4, 0.5) is 0 Å². The number of likely N-dealkylation sites (N-methyl/N-ethyl adjacent to an activating group) is 1. The lowest BCUT2D eigenvalue weighted by molar-refractivity contribution is -0.896. The predicted molar refractivity (Wildman–Crippen MR) is 61.7 cm³/mol. The molecule has 0 rings (SSSR count). The fraction of sp³-hybridized carbons (Fsp3) is 1.00. The van der Waals surface area contributed by atoms with Crippen molar-refractivity contribution in [2.24, 2.45) is 0 Å². The molecule has 0 aliphatic heterocycles. The molecule has 98 valence electrons. The quantitative estimate of drug-likeness (QED) is 0.400. The van der Waals surface area contributed by atoms with Crippen molar-refractivity contribution in [3.05, 3.63) is 0 Å². The van der Waals surface area contributed by atoms with Crippen LogP contribution < -0.4 is 4.89 Å². The van der Waals surface area contributed by atoms with E-state index in [9.17, 15) is 9.46 Å². The Balaban J connectivity index is 4.17. The first-order chi connectivity index (χ1) is 7.17. The highest BCUT2D eigenvalue weighted by Crippen LogP contribution is 2.31. The van der Waals surface area contributed by atoms with Crippen LogP contribution in [0, 0.1) is 0 Å². The van der Waals surface area contributed by atoms with Crippen molar-refractivity contribution in [1.29, 1.82) is 0 Å². The molecule has 0 aromatic carbocycles. The summed E-state index contributed by atoms with van der Waals surface area (Å²) < 4.78 is 15.7. The molecular formula is C10H24NO4P. The molecule has 0 aromatic heterocycles. The second kappa shape index (κ2) is 6.72. The molecule has 0 saturated carbocycles. The van der Waals surface area contributed by atoms with E-state index in [4.69, 9.17) is 4.89 Å². The van der Waals surface area contributed by atoms with Crippen LogP contribution in [0.2, 0.25) is 0 Å². The van der Waals surface area contributed by atoms with Gasteiger partial charge < -0.3 is 18.8 Å². The van der Waals surface area contributed by atoms with Crippen molar-refractivity contribution >= 4 is 7.82 Å². The minimum absolute atomic E-state index is 0.0461. The molecule has 0 amide bonds. The summed E-state index contributed by atoms with van der Waals surface area (Å²) >= 11 is 0. The summed E-state index contributed by atoms with van der Waals surface area (Å²) in [7, 11) is 1.39. The first-order valence-electron chi connectivity index (χ1n) is 5.66. The normalized spacial score (nSPS) is 18.1. The van der Waals surface area contributed by atoms with Gasteiger partial charge in [-0.15, -0.1) is 0 Å². The van der Waals surface area contributed by atoms with Crippen LogP contribution in [0.3, 0.4) is 0 Å². The van der Waals surface area contributed by atoms with E-state index >= 15 is 0 Å². The van der Waals surface area contributed by atoms with E-state index in [1.54, 1.807) is 0 Å². The van der Waals surface area contributed by atoms with Gasteiger partial charge in [-0.25, -0.2) is 0 Å². The molecule has 16 heavy (non-hydrogen) atoms. The minimum atomic E-state index is -4.59. The maximum Gasteiger partial charge on any atom is 0.265 e. The summed E-state index contributed by atoms with van der Waals surface area (Å²) in [6, 6.07) is 0.0842. The van der Waals surface area contributed by atoms with Gasteiger partial charge in [-0.1, -0.05) is 19.8 Å². The molecule has 0 heterocycles. The lowest BCUT2D eigenvalue weighted by Crippen LogP contribution is -2.47. The number of phosphoric ester groups is 1. The third kappa shape index (κ3) is 8.25. The van der Waals surface area contributed by atoms with Gasteiger partial charge in [0.2, 0.25) is 0 Å². The fourth-order valence-electron chi connectivity index (χ4n) is 1.50. The van der Waals surface area contributed by atoms with Crippen molar-refractivity contribution in [3.8, 4) is 0 Å². The number of hydrogen-bond donors (Lipinski definition) is 1. The highest BCUT2D eigenvalue weighted by molar-refractivity contribution is 7.44. The van der Waals surface area contributed by atoms with E-state index in [1.165, 1.54) is 0 Å². The molecule has 2 atom stereocenters. The SMILES string of the molecule is CCCCCC(COP(=O)([O-])O)[N+](C)(C)C. The Hall–Kier alpha value is 0.0700. The van der Waals surface area contributed by atoms with Gasteiger partial charge in [0.15, 0.2) is 0 Å². The smallest absolute Gasteiger partial charge is 0.265 e. The van der Waals surface area contributed by atoms with Crippen LogP contribution in [0.5, 0.6) is 0 Å². The molecule has 0 aliphatic rings. The summed E-state index contributed by atoms with van der Waals surface area (Å²) in [4.78, 5) is 19.1. The lowest BCUT2D eigenvalue weighted by Gasteiger charge is -2.35. The summed E-state index contributed by atoms with van der Waals surface area (Å²) in [6.45, 7) is 2.17. The number of rotatable bonds is 8. The summed E-state index contributed by atoms with van der Waals surface area (Å²) in [5, 5.41) is 0. The number of unbranched alkanes of at least 4 members (excludes halogenated alkanes) is 2. The van der Waals surface area contributed by atoms with Gasteiger partial charge in [-0.05, 0) is 6.42 Å². The average Bonchev–Trinajstić information content (AvgIpc) is 2.07. The van der Waals surface area contributed by atoms with Gasteiger partial charge in [-0.3, -0.25) is 4.57 Å². The topological polar surface area (TPSA) is 69.6 Å². The molecule has 5 nitrogen and oxygen atoms in total. The van der Waals surface area contributed by atoms with Crippen molar-refractivity contribution in [2.75, 3.05) is 27.7 Å². The number of hydrogen-bond acceptors (Lipinski definition) is 3. The van der Waals surface area contributed by atoms with Crippen LogP contribution in [-0.4, -0.2) is 43.2 Å². The van der Waals surface area contributed by atoms with E-state index < -0.39 is 7.82 Å². The largest absolute Gasteiger partial charge is 0.756 e. The Labute approximate surface area is 98.2 Å². The summed E-state index contributed by atoms with van der Waals surface area (Å²) in [5.41, 5.74) is 0. The predicted octanol–water partition coefficient (Wildman–Crippen LogP) is 1.12. The molecule has 0 radical (unpaired) electrons. The van der Waals surface area contributed by atoms with Crippen LogP contribution in [0.1, 0.15) is 32.6 Å². The minimum Gasteiger partial charge on any atom is -0.756 e. The van der Waals surface area contributed by atoms with Crippen molar-refractivity contribution in [3.63, 3.8) is 0 Å². The number of phosphoric acid groups is 1. The Bertz CT molecular complexity index is 233. The number of nitrogens with zero attached hydrogens (tertiary/aromatic N) is 1. The van der Waals surface area contributed by atoms with Gasteiger partial charge in [0, 0.05) is 6.42 Å². The number of quaternary nitrogens is 1. The van der Waals surface area contributed by atoms with Gasteiger partial charge in [0.1, 0.15) is 12.6 Å². The van der Waals surface area contributed by atoms with Crippen LogP contribution in [0.15, 0.2) is 0 Å². The third-order valence-corrected chi connectivity index (χ3v) is 3.14. The van der Waals surface area contributed by atoms with Crippen molar-refractivity contribution < 1.29 is 23.4 Å². The van der Waals surface area contributed by atoms with Gasteiger partial charge >= 0.3 is 0 Å². The Morgan fingerprint density at radius 1 is 1.38 bits per heavy atom. The zero-order valence-corrected chi connectivity index (χ0v) is 11.6. The van der Waals surface area contributed by atoms with Crippen molar-refractivity contribution in [1.82, 2.24) is 0 Å².